The summed E-state index contributed by atoms with van der Waals surface area (Å²) in [7, 11) is 1.83. The first-order valence-electron chi connectivity index (χ1n) is 8.73. The monoisotopic (exact) mass is 316 g/mol. The fourth-order valence-electron chi connectivity index (χ4n) is 3.70. The maximum Gasteiger partial charge on any atom is 0.410 e. The number of hydrogen-bond acceptors (Lipinski definition) is 3. The molecule has 1 atom stereocenters. The van der Waals surface area contributed by atoms with E-state index in [-0.39, 0.29) is 11.7 Å². The Labute approximate surface area is 139 Å². The van der Waals surface area contributed by atoms with Crippen LogP contribution in [0, 0.1) is 0 Å². The van der Waals surface area contributed by atoms with Crippen molar-refractivity contribution in [3.05, 3.63) is 35.4 Å². The van der Waals surface area contributed by atoms with Gasteiger partial charge in [-0.2, -0.15) is 0 Å². The van der Waals surface area contributed by atoms with Gasteiger partial charge in [0.25, 0.3) is 0 Å². The maximum atomic E-state index is 11.7. The normalized spacial score (nSPS) is 25.9. The molecule has 2 aliphatic rings. The smallest absolute Gasteiger partial charge is 0.410 e. The molecule has 0 saturated carbocycles. The molecule has 1 aromatic rings. The lowest BCUT2D eigenvalue weighted by molar-refractivity contribution is 0.0443. The van der Waals surface area contributed by atoms with Gasteiger partial charge in [0.05, 0.1) is 6.54 Å². The Bertz CT molecular complexity index is 555. The van der Waals surface area contributed by atoms with E-state index in [2.05, 4.69) is 43.0 Å². The number of nitrogens with zero attached hydrogens (tertiary/aromatic N) is 2. The number of likely N-dealkylation sites (tertiary alicyclic amines) is 1. The second-order valence-corrected chi connectivity index (χ2v) is 7.43. The van der Waals surface area contributed by atoms with Crippen LogP contribution in [0.25, 0.3) is 0 Å². The van der Waals surface area contributed by atoms with E-state index in [1.54, 1.807) is 4.90 Å². The molecule has 3 rings (SSSR count). The molecule has 0 N–H and O–H groups in total. The maximum absolute atomic E-state index is 11.7. The van der Waals surface area contributed by atoms with Crippen LogP contribution < -0.4 is 0 Å². The van der Waals surface area contributed by atoms with Crippen molar-refractivity contribution in [2.75, 3.05) is 26.7 Å². The molecule has 126 valence electrons. The van der Waals surface area contributed by atoms with E-state index in [0.29, 0.717) is 5.92 Å². The van der Waals surface area contributed by atoms with Gasteiger partial charge in [0.1, 0.15) is 5.60 Å². The van der Waals surface area contributed by atoms with E-state index in [9.17, 15) is 4.79 Å². The summed E-state index contributed by atoms with van der Waals surface area (Å²) in [5, 5.41) is 0. The van der Waals surface area contributed by atoms with Crippen molar-refractivity contribution in [2.45, 2.75) is 51.2 Å². The van der Waals surface area contributed by atoms with Gasteiger partial charge < -0.3 is 9.64 Å². The second-order valence-electron chi connectivity index (χ2n) is 7.43. The molecular weight excluding hydrogens is 288 g/mol. The van der Waals surface area contributed by atoms with Gasteiger partial charge in [0.2, 0.25) is 0 Å². The first-order valence-corrected chi connectivity index (χ1v) is 8.73. The van der Waals surface area contributed by atoms with Gasteiger partial charge in [0.15, 0.2) is 0 Å². The van der Waals surface area contributed by atoms with Crippen molar-refractivity contribution in [1.29, 1.82) is 0 Å². The number of ether oxygens (including phenoxy) is 1. The summed E-state index contributed by atoms with van der Waals surface area (Å²) in [5.41, 5.74) is 2.51. The molecule has 0 aliphatic carbocycles. The number of rotatable bonds is 3. The molecule has 1 amide bonds. The highest BCUT2D eigenvalue weighted by atomic mass is 16.6. The zero-order valence-electron chi connectivity index (χ0n) is 14.5. The number of carbonyl (C=O) groups is 1. The standard InChI is InChI=1S/C19H28N2O2/c1-15(2)17-7-5-16(6-8-17)13-21-11-4-9-19(10-12-21)14-20(3)18(22)23-19/h5-8,15H,4,9-14H2,1-3H3/t19-/m0/s1. The average Bonchev–Trinajstić information content (AvgIpc) is 2.68. The molecule has 0 radical (unpaired) electrons. The molecule has 0 unspecified atom stereocenters. The Balaban J connectivity index is 1.59. The van der Waals surface area contributed by atoms with Crippen molar-refractivity contribution in [2.24, 2.45) is 0 Å². The van der Waals surface area contributed by atoms with Crippen LogP contribution in [-0.2, 0) is 11.3 Å². The minimum Gasteiger partial charge on any atom is -0.441 e. The van der Waals surface area contributed by atoms with Gasteiger partial charge in [0, 0.05) is 26.6 Å². The first kappa shape index (κ1) is 16.3. The van der Waals surface area contributed by atoms with Crippen molar-refractivity contribution in [3.63, 3.8) is 0 Å². The summed E-state index contributed by atoms with van der Waals surface area (Å²) in [6.45, 7) is 8.25. The summed E-state index contributed by atoms with van der Waals surface area (Å²) >= 11 is 0. The minimum absolute atomic E-state index is 0.164. The highest BCUT2D eigenvalue weighted by molar-refractivity contribution is 5.70. The minimum atomic E-state index is -0.248. The van der Waals surface area contributed by atoms with E-state index in [0.717, 1.165) is 45.4 Å². The van der Waals surface area contributed by atoms with Crippen LogP contribution in [0.2, 0.25) is 0 Å². The van der Waals surface area contributed by atoms with Crippen LogP contribution in [0.15, 0.2) is 24.3 Å². The lowest BCUT2D eigenvalue weighted by atomic mass is 9.95. The largest absolute Gasteiger partial charge is 0.441 e. The quantitative estimate of drug-likeness (QED) is 0.854. The molecular formula is C19H28N2O2. The molecule has 4 heteroatoms. The molecule has 2 fully saturated rings. The predicted molar refractivity (Wildman–Crippen MR) is 91.5 cm³/mol. The summed E-state index contributed by atoms with van der Waals surface area (Å²) in [6, 6.07) is 8.98. The van der Waals surface area contributed by atoms with E-state index in [1.165, 1.54) is 11.1 Å². The highest BCUT2D eigenvalue weighted by Crippen LogP contribution is 2.32. The van der Waals surface area contributed by atoms with Crippen molar-refractivity contribution >= 4 is 6.09 Å². The number of benzene rings is 1. The summed E-state index contributed by atoms with van der Waals surface area (Å²) in [5.74, 6) is 0.580. The van der Waals surface area contributed by atoms with Gasteiger partial charge in [-0.3, -0.25) is 4.90 Å². The Hall–Kier alpha value is -1.55. The molecule has 0 bridgehead atoms. The van der Waals surface area contributed by atoms with E-state index in [1.807, 2.05) is 7.05 Å². The van der Waals surface area contributed by atoms with Gasteiger partial charge in [-0.1, -0.05) is 38.1 Å². The lowest BCUT2D eigenvalue weighted by Gasteiger charge is -2.25. The molecule has 2 saturated heterocycles. The number of likely N-dealkylation sites (N-methyl/N-ethyl adjacent to an activating group) is 1. The molecule has 2 aliphatic heterocycles. The van der Waals surface area contributed by atoms with Crippen LogP contribution in [0.1, 0.15) is 50.2 Å². The predicted octanol–water partition coefficient (Wildman–Crippen LogP) is 3.62. The summed E-state index contributed by atoms with van der Waals surface area (Å²) in [4.78, 5) is 15.9. The highest BCUT2D eigenvalue weighted by Gasteiger charge is 2.44. The molecule has 2 heterocycles. The van der Waals surface area contributed by atoms with Crippen molar-refractivity contribution in [1.82, 2.24) is 9.80 Å². The number of amides is 1. The van der Waals surface area contributed by atoms with E-state index < -0.39 is 0 Å². The Morgan fingerprint density at radius 3 is 2.52 bits per heavy atom. The van der Waals surface area contributed by atoms with Gasteiger partial charge in [-0.25, -0.2) is 4.79 Å². The molecule has 1 spiro atoms. The van der Waals surface area contributed by atoms with Crippen molar-refractivity contribution < 1.29 is 9.53 Å². The third-order valence-corrected chi connectivity index (χ3v) is 5.18. The van der Waals surface area contributed by atoms with Gasteiger partial charge in [-0.15, -0.1) is 0 Å². The molecule has 4 nitrogen and oxygen atoms in total. The average molecular weight is 316 g/mol. The van der Waals surface area contributed by atoms with Crippen molar-refractivity contribution in [3.8, 4) is 0 Å². The third-order valence-electron chi connectivity index (χ3n) is 5.18. The van der Waals surface area contributed by atoms with Gasteiger partial charge >= 0.3 is 6.09 Å². The summed E-state index contributed by atoms with van der Waals surface area (Å²) < 4.78 is 5.68. The third kappa shape index (κ3) is 3.69. The van der Waals surface area contributed by atoms with Crippen LogP contribution >= 0.6 is 0 Å². The molecule has 23 heavy (non-hydrogen) atoms. The Morgan fingerprint density at radius 1 is 1.17 bits per heavy atom. The topological polar surface area (TPSA) is 32.8 Å². The molecule has 0 aromatic heterocycles. The Kier molecular flexibility index (Phi) is 4.62. The Morgan fingerprint density at radius 2 is 1.91 bits per heavy atom. The zero-order valence-corrected chi connectivity index (χ0v) is 14.5. The first-order chi connectivity index (χ1) is 11.0. The molecule has 1 aromatic carbocycles. The fourth-order valence-corrected chi connectivity index (χ4v) is 3.70. The van der Waals surface area contributed by atoms with Crippen LogP contribution in [0.5, 0.6) is 0 Å². The number of hydrogen-bond donors (Lipinski definition) is 0. The fraction of sp³-hybridized carbons (Fsp3) is 0.632. The number of carbonyl (C=O) groups excluding carboxylic acids is 1. The van der Waals surface area contributed by atoms with E-state index >= 15 is 0 Å². The SMILES string of the molecule is CC(C)c1ccc(CN2CCC[C@]3(CC2)CN(C)C(=O)O3)cc1. The lowest BCUT2D eigenvalue weighted by Crippen LogP contribution is -2.35. The van der Waals surface area contributed by atoms with Gasteiger partial charge in [-0.05, 0) is 36.4 Å². The second kappa shape index (κ2) is 6.52. The van der Waals surface area contributed by atoms with Crippen LogP contribution in [-0.4, -0.2) is 48.2 Å². The zero-order chi connectivity index (χ0) is 16.4. The van der Waals surface area contributed by atoms with Crippen LogP contribution in [0.4, 0.5) is 4.79 Å². The summed E-state index contributed by atoms with van der Waals surface area (Å²) in [6.07, 6.45) is 2.84. The van der Waals surface area contributed by atoms with E-state index in [4.69, 9.17) is 4.74 Å². The van der Waals surface area contributed by atoms with Crippen LogP contribution in [0.3, 0.4) is 0 Å².